The predicted octanol–water partition coefficient (Wildman–Crippen LogP) is -3.09. The first-order valence-electron chi connectivity index (χ1n) is 4.47. The summed E-state index contributed by atoms with van der Waals surface area (Å²) in [5.74, 6) is -0.822. The van der Waals surface area contributed by atoms with Crippen molar-refractivity contribution >= 4 is 10.1 Å². The molecule has 1 rings (SSSR count). The zero-order chi connectivity index (χ0) is 12.3. The van der Waals surface area contributed by atoms with E-state index in [2.05, 4.69) is 5.32 Å². The molecular formula is C9H12NNaO5S. The molecule has 0 fully saturated rings. The van der Waals surface area contributed by atoms with E-state index in [0.29, 0.717) is 0 Å². The molecule has 1 atom stereocenters. The Kier molecular flexibility index (Phi) is 6.46. The number of phenolic OH excluding ortho intramolecular Hbond substituents is 2. The summed E-state index contributed by atoms with van der Waals surface area (Å²) in [4.78, 5) is 0. The van der Waals surface area contributed by atoms with Gasteiger partial charge in [-0.1, -0.05) is 6.07 Å². The molecule has 0 saturated carbocycles. The van der Waals surface area contributed by atoms with Gasteiger partial charge < -0.3 is 20.1 Å². The summed E-state index contributed by atoms with van der Waals surface area (Å²) < 4.78 is 32.9. The fraction of sp³-hybridized carbons (Fsp3) is 0.333. The Morgan fingerprint density at radius 2 is 1.94 bits per heavy atom. The number of hydrogen-bond acceptors (Lipinski definition) is 6. The van der Waals surface area contributed by atoms with Crippen molar-refractivity contribution in [3.05, 3.63) is 23.8 Å². The second-order valence-corrected chi connectivity index (χ2v) is 4.84. The van der Waals surface area contributed by atoms with E-state index in [4.69, 9.17) is 5.11 Å². The summed E-state index contributed by atoms with van der Waals surface area (Å²) in [6.45, 7) is -0.0595. The fourth-order valence-electron chi connectivity index (χ4n) is 1.31. The number of aromatic hydroxyl groups is 2. The second-order valence-electron chi connectivity index (χ2n) is 3.29. The van der Waals surface area contributed by atoms with E-state index in [9.17, 15) is 18.1 Å². The number of nitrogens with one attached hydrogen (secondary N) is 1. The van der Waals surface area contributed by atoms with Crippen LogP contribution in [0.5, 0.6) is 11.5 Å². The molecule has 90 valence electrons. The minimum Gasteiger partial charge on any atom is -0.747 e. The van der Waals surface area contributed by atoms with Crippen LogP contribution in [0.3, 0.4) is 0 Å². The van der Waals surface area contributed by atoms with Crippen molar-refractivity contribution in [3.63, 3.8) is 0 Å². The molecule has 6 nitrogen and oxygen atoms in total. The number of phenols is 2. The summed E-state index contributed by atoms with van der Waals surface area (Å²) in [6.07, 6.45) is 0. The molecule has 8 heteroatoms. The first-order valence-corrected chi connectivity index (χ1v) is 5.94. The zero-order valence-electron chi connectivity index (χ0n) is 9.54. The molecule has 0 amide bonds. The maximum Gasteiger partial charge on any atom is 1.00 e. The molecule has 0 aromatic heterocycles. The minimum absolute atomic E-state index is 0. The Morgan fingerprint density at radius 1 is 1.35 bits per heavy atom. The molecule has 0 radical (unpaired) electrons. The fourth-order valence-corrected chi connectivity index (χ4v) is 2.16. The van der Waals surface area contributed by atoms with Crippen LogP contribution in [0.1, 0.15) is 10.8 Å². The topological polar surface area (TPSA) is 110 Å². The third-order valence-corrected chi connectivity index (χ3v) is 3.24. The molecule has 0 saturated heterocycles. The number of hydrogen-bond donors (Lipinski definition) is 3. The number of benzene rings is 1. The van der Waals surface area contributed by atoms with Crippen LogP contribution < -0.4 is 34.9 Å². The van der Waals surface area contributed by atoms with Crippen LogP contribution in [0, 0.1) is 0 Å². The standard InChI is InChI=1S/C9H13NO5S.Na/c1-10-5-9(16(13,14)15)6-2-3-7(11)8(12)4-6;/h2-4,9-12H,5H2,1H3,(H,13,14,15);/q;+1/p-1/t9-;/m0./s1. The summed E-state index contributed by atoms with van der Waals surface area (Å²) in [5, 5.41) is 19.6. The Balaban J connectivity index is 0.00000256. The largest absolute Gasteiger partial charge is 1.00 e. The normalized spacial score (nSPS) is 12.8. The summed E-state index contributed by atoms with van der Waals surface area (Å²) in [7, 11) is -3.00. The molecule has 1 aromatic carbocycles. The van der Waals surface area contributed by atoms with Crippen LogP contribution in [0.25, 0.3) is 0 Å². The molecule has 1 aromatic rings. The van der Waals surface area contributed by atoms with Gasteiger partial charge in [-0.15, -0.1) is 0 Å². The molecule has 0 unspecified atom stereocenters. The van der Waals surface area contributed by atoms with Gasteiger partial charge in [-0.3, -0.25) is 0 Å². The molecule has 0 aliphatic rings. The maximum absolute atomic E-state index is 11.0. The Labute approximate surface area is 122 Å². The second kappa shape index (κ2) is 6.58. The smallest absolute Gasteiger partial charge is 0.747 e. The first-order chi connectivity index (χ1) is 7.36. The molecule has 0 spiro atoms. The molecule has 17 heavy (non-hydrogen) atoms. The van der Waals surface area contributed by atoms with Crippen molar-refractivity contribution in [2.75, 3.05) is 13.6 Å². The van der Waals surface area contributed by atoms with Gasteiger partial charge in [0.05, 0.1) is 5.25 Å². The van der Waals surface area contributed by atoms with Gasteiger partial charge in [-0.25, -0.2) is 8.42 Å². The van der Waals surface area contributed by atoms with Crippen molar-refractivity contribution in [2.24, 2.45) is 0 Å². The third kappa shape index (κ3) is 4.46. The van der Waals surface area contributed by atoms with E-state index in [0.717, 1.165) is 12.1 Å². The Hall–Kier alpha value is -0.310. The van der Waals surface area contributed by atoms with Crippen molar-refractivity contribution in [2.45, 2.75) is 5.25 Å². The zero-order valence-corrected chi connectivity index (χ0v) is 12.4. The van der Waals surface area contributed by atoms with Gasteiger partial charge in [0.1, 0.15) is 10.1 Å². The van der Waals surface area contributed by atoms with Crippen LogP contribution in [0.4, 0.5) is 0 Å². The molecule has 0 aliphatic heterocycles. The Bertz CT molecular complexity index is 476. The van der Waals surface area contributed by atoms with Crippen molar-refractivity contribution in [3.8, 4) is 11.5 Å². The van der Waals surface area contributed by atoms with Crippen molar-refractivity contribution in [1.29, 1.82) is 0 Å². The maximum atomic E-state index is 11.0. The van der Waals surface area contributed by atoms with E-state index in [1.54, 1.807) is 0 Å². The molecule has 0 heterocycles. The van der Waals surface area contributed by atoms with E-state index in [1.807, 2.05) is 0 Å². The SMILES string of the molecule is CNC[C@@H](c1ccc(O)c(O)c1)S(=O)(=O)[O-].[Na+]. The summed E-state index contributed by atoms with van der Waals surface area (Å²) in [5.41, 5.74) is 0.139. The molecule has 3 N–H and O–H groups in total. The number of likely N-dealkylation sites (N-methyl/N-ethyl adjacent to an activating group) is 1. The van der Waals surface area contributed by atoms with E-state index >= 15 is 0 Å². The predicted molar refractivity (Wildman–Crippen MR) is 56.1 cm³/mol. The van der Waals surface area contributed by atoms with Crippen molar-refractivity contribution in [1.82, 2.24) is 5.32 Å². The van der Waals surface area contributed by atoms with Crippen LogP contribution >= 0.6 is 0 Å². The first kappa shape index (κ1) is 16.7. The van der Waals surface area contributed by atoms with Crippen molar-refractivity contribution < 1.29 is 52.7 Å². The van der Waals surface area contributed by atoms with Gasteiger partial charge in [0, 0.05) is 6.54 Å². The van der Waals surface area contributed by atoms with Gasteiger partial charge in [0.15, 0.2) is 11.5 Å². The third-order valence-electron chi connectivity index (χ3n) is 2.11. The molecular weight excluding hydrogens is 257 g/mol. The van der Waals surface area contributed by atoms with E-state index < -0.39 is 21.1 Å². The van der Waals surface area contributed by atoms with E-state index in [-0.39, 0.29) is 47.4 Å². The van der Waals surface area contributed by atoms with Crippen LogP contribution in [0.2, 0.25) is 0 Å². The van der Waals surface area contributed by atoms with Crippen LogP contribution in [-0.4, -0.2) is 36.8 Å². The van der Waals surface area contributed by atoms with Crippen LogP contribution in [0.15, 0.2) is 18.2 Å². The van der Waals surface area contributed by atoms with Crippen LogP contribution in [-0.2, 0) is 10.1 Å². The Morgan fingerprint density at radius 3 is 2.35 bits per heavy atom. The minimum atomic E-state index is -4.51. The van der Waals surface area contributed by atoms with E-state index in [1.165, 1.54) is 13.1 Å². The summed E-state index contributed by atoms with van der Waals surface area (Å²) >= 11 is 0. The average molecular weight is 269 g/mol. The molecule has 0 aliphatic carbocycles. The van der Waals surface area contributed by atoms with Gasteiger partial charge >= 0.3 is 29.6 Å². The van der Waals surface area contributed by atoms with Gasteiger partial charge in [0.25, 0.3) is 0 Å². The number of rotatable bonds is 4. The molecule has 0 bridgehead atoms. The van der Waals surface area contributed by atoms with Gasteiger partial charge in [-0.2, -0.15) is 0 Å². The monoisotopic (exact) mass is 269 g/mol. The quantitative estimate of drug-likeness (QED) is 0.303. The van der Waals surface area contributed by atoms with Gasteiger partial charge in [-0.05, 0) is 24.7 Å². The summed E-state index contributed by atoms with van der Waals surface area (Å²) in [6, 6.07) is 3.48. The van der Waals surface area contributed by atoms with Gasteiger partial charge in [0.2, 0.25) is 0 Å². The average Bonchev–Trinajstić information content (AvgIpc) is 2.17.